The van der Waals surface area contributed by atoms with Crippen LogP contribution in [0.3, 0.4) is 0 Å². The minimum Gasteiger partial charge on any atom is -0.273 e. The highest BCUT2D eigenvalue weighted by Gasteiger charge is 2.64. The Balaban J connectivity index is 2.61. The molecule has 0 bridgehead atoms. The Hall–Kier alpha value is -4.56. The molecule has 4 aromatic rings. The topological polar surface area (TPSA) is 0 Å². The Labute approximate surface area is 270 Å². The highest BCUT2D eigenvalue weighted by molar-refractivity contribution is 5.58. The van der Waals surface area contributed by atoms with Crippen LogP contribution in [0.1, 0.15) is 30.5 Å². The summed E-state index contributed by atoms with van der Waals surface area (Å²) in [5, 5.41) is 0. The predicted octanol–water partition coefficient (Wildman–Crippen LogP) is 10.0. The van der Waals surface area contributed by atoms with Gasteiger partial charge in [-0.05, 0) is 13.8 Å². The van der Waals surface area contributed by atoms with E-state index >= 15 is 35.1 Å². The lowest BCUT2D eigenvalue weighted by atomic mass is 9.72. The molecule has 0 aliphatic heterocycles. The molecule has 1 nitrogen and oxygen atoms in total. The molecule has 0 aliphatic rings. The lowest BCUT2D eigenvalue weighted by molar-refractivity contribution is 0.104. The molecule has 0 radical (unpaired) electrons. The molecule has 0 saturated heterocycles. The summed E-state index contributed by atoms with van der Waals surface area (Å²) in [4.78, 5) is 0. The summed E-state index contributed by atoms with van der Waals surface area (Å²) < 4.78 is 298. The maximum absolute atomic E-state index is 16.0. The summed E-state index contributed by atoms with van der Waals surface area (Å²) in [5.41, 5.74) is -16.5. The monoisotopic (exact) mass is 766 g/mol. The van der Waals surface area contributed by atoms with E-state index in [1.54, 1.807) is 0 Å². The SMILES string of the molecule is CC[N+](CC)(c1c(F)c(F)c(F)c(F)c1F)C(Cc1c(F)c(F)c(F)c(F)c1F)(c1c(F)c(F)c(F)c(F)c1F)c1c(F)c(F)c(F)c(F)c1F. The van der Waals surface area contributed by atoms with Crippen molar-refractivity contribution in [2.24, 2.45) is 0 Å². The van der Waals surface area contributed by atoms with Gasteiger partial charge in [-0.3, -0.25) is 4.48 Å². The van der Waals surface area contributed by atoms with E-state index in [4.69, 9.17) is 0 Å². The van der Waals surface area contributed by atoms with Gasteiger partial charge in [0.05, 0.1) is 24.2 Å². The summed E-state index contributed by atoms with van der Waals surface area (Å²) in [6.07, 6.45) is -3.00. The quantitative estimate of drug-likeness (QED) is 0.0726. The number of quaternary nitrogens is 1. The number of likely N-dealkylation sites (N-methyl/N-ethyl adjacent to an activating group) is 1. The van der Waals surface area contributed by atoms with Crippen LogP contribution in [0.2, 0.25) is 0 Å². The van der Waals surface area contributed by atoms with E-state index in [2.05, 4.69) is 0 Å². The van der Waals surface area contributed by atoms with Crippen LogP contribution in [-0.2, 0) is 12.0 Å². The molecular weight excluding hydrogens is 754 g/mol. The Morgan fingerprint density at radius 2 is 0.529 bits per heavy atom. The fourth-order valence-electron chi connectivity index (χ4n) is 6.12. The van der Waals surface area contributed by atoms with Gasteiger partial charge in [0.15, 0.2) is 75.3 Å². The Morgan fingerprint density at radius 1 is 0.314 bits per heavy atom. The van der Waals surface area contributed by atoms with E-state index in [-0.39, 0.29) is 0 Å². The van der Waals surface area contributed by atoms with Crippen LogP contribution in [0.4, 0.5) is 93.5 Å². The molecule has 0 atom stereocenters. The fourth-order valence-corrected chi connectivity index (χ4v) is 6.12. The molecule has 0 aromatic heterocycles. The first kappa shape index (κ1) is 39.2. The van der Waals surface area contributed by atoms with Crippen LogP contribution in [0.5, 0.6) is 0 Å². The molecule has 0 N–H and O–H groups in total. The normalized spacial score (nSPS) is 12.4. The predicted molar refractivity (Wildman–Crippen MR) is 132 cm³/mol. The van der Waals surface area contributed by atoms with E-state index in [1.165, 1.54) is 0 Å². The molecule has 0 fully saturated rings. The zero-order valence-corrected chi connectivity index (χ0v) is 24.6. The number of halogens is 20. The zero-order valence-electron chi connectivity index (χ0n) is 24.6. The molecule has 51 heavy (non-hydrogen) atoms. The number of nitrogens with zero attached hydrogens (tertiary/aromatic N) is 1. The average molecular weight is 766 g/mol. The first-order chi connectivity index (χ1) is 23.5. The van der Waals surface area contributed by atoms with Crippen molar-refractivity contribution in [3.05, 3.63) is 133 Å². The summed E-state index contributed by atoms with van der Waals surface area (Å²) in [5.74, 6) is -64.1. The van der Waals surface area contributed by atoms with Crippen molar-refractivity contribution in [3.63, 3.8) is 0 Å². The fraction of sp³-hybridized carbons (Fsp3) is 0.200. The molecule has 0 unspecified atom stereocenters. The largest absolute Gasteiger partial charge is 0.273 e. The van der Waals surface area contributed by atoms with Gasteiger partial charge in [0.2, 0.25) is 52.2 Å². The standard InChI is InChI=1S/C30H12F20N/c1-3-51(4-2,29-27(49)25(47)24(46)26(48)28(29)50)30(7-11(33)17(39)22(44)18(40)12(7)34,8-13(35)19(41)23(45)20(42)14(8)36)5-6-9(31)15(37)21(43)16(38)10(6)32/h3-5H2,1-2H3/q+1. The Morgan fingerprint density at radius 3 is 0.784 bits per heavy atom. The number of rotatable bonds is 8. The maximum atomic E-state index is 16.0. The minimum absolute atomic E-state index is 0.410. The summed E-state index contributed by atoms with van der Waals surface area (Å²) in [6.45, 7) is -2.79. The van der Waals surface area contributed by atoms with Gasteiger partial charge in [-0.15, -0.1) is 0 Å². The summed E-state index contributed by atoms with van der Waals surface area (Å²) >= 11 is 0. The van der Waals surface area contributed by atoms with Crippen molar-refractivity contribution >= 4 is 5.69 Å². The zero-order chi connectivity index (χ0) is 39.0. The van der Waals surface area contributed by atoms with Crippen molar-refractivity contribution in [1.29, 1.82) is 0 Å². The minimum atomic E-state index is -5.09. The molecule has 0 spiro atoms. The third-order valence-corrected chi connectivity index (χ3v) is 8.41. The molecule has 0 aliphatic carbocycles. The molecule has 4 rings (SSSR count). The van der Waals surface area contributed by atoms with Crippen LogP contribution in [0.25, 0.3) is 0 Å². The van der Waals surface area contributed by atoms with Gasteiger partial charge in [0, 0.05) is 12.0 Å². The van der Waals surface area contributed by atoms with E-state index in [1.807, 2.05) is 0 Å². The Bertz CT molecular complexity index is 1940. The smallest absolute Gasteiger partial charge is 0.225 e. The van der Waals surface area contributed by atoms with Gasteiger partial charge in [-0.1, -0.05) is 0 Å². The van der Waals surface area contributed by atoms with E-state index in [0.717, 1.165) is 0 Å². The molecule has 21 heteroatoms. The van der Waals surface area contributed by atoms with Crippen molar-refractivity contribution < 1.29 is 87.8 Å². The molecular formula is C30H12F20N+. The van der Waals surface area contributed by atoms with Crippen LogP contribution in [0, 0.1) is 116 Å². The first-order valence-electron chi connectivity index (χ1n) is 13.5. The van der Waals surface area contributed by atoms with Crippen LogP contribution >= 0.6 is 0 Å². The average Bonchev–Trinajstić information content (AvgIpc) is 3.11. The van der Waals surface area contributed by atoms with Crippen LogP contribution in [-0.4, -0.2) is 13.1 Å². The number of hydrogen-bond acceptors (Lipinski definition) is 0. The van der Waals surface area contributed by atoms with Gasteiger partial charge in [0.1, 0.15) is 0 Å². The van der Waals surface area contributed by atoms with Crippen molar-refractivity contribution in [2.75, 3.05) is 13.1 Å². The van der Waals surface area contributed by atoms with Gasteiger partial charge in [0.25, 0.3) is 0 Å². The first-order valence-corrected chi connectivity index (χ1v) is 13.5. The van der Waals surface area contributed by atoms with E-state index in [9.17, 15) is 52.7 Å². The second-order valence-corrected chi connectivity index (χ2v) is 10.5. The van der Waals surface area contributed by atoms with Crippen molar-refractivity contribution in [2.45, 2.75) is 25.8 Å². The van der Waals surface area contributed by atoms with Crippen LogP contribution < -0.4 is 4.48 Å². The van der Waals surface area contributed by atoms with Crippen LogP contribution in [0.15, 0.2) is 0 Å². The summed E-state index contributed by atoms with van der Waals surface area (Å²) in [7, 11) is 0. The van der Waals surface area contributed by atoms with Crippen molar-refractivity contribution in [3.8, 4) is 0 Å². The number of benzene rings is 4. The highest BCUT2D eigenvalue weighted by Crippen LogP contribution is 2.54. The van der Waals surface area contributed by atoms with Gasteiger partial charge >= 0.3 is 0 Å². The lowest BCUT2D eigenvalue weighted by Crippen LogP contribution is -2.68. The lowest BCUT2D eigenvalue weighted by Gasteiger charge is -2.53. The second-order valence-electron chi connectivity index (χ2n) is 10.5. The third kappa shape index (κ3) is 5.12. The van der Waals surface area contributed by atoms with Gasteiger partial charge in [-0.25, -0.2) is 79.0 Å². The van der Waals surface area contributed by atoms with E-state index in [0.29, 0.717) is 13.8 Å². The van der Waals surface area contributed by atoms with E-state index < -0.39 is 168 Å². The molecule has 4 aromatic carbocycles. The molecule has 0 amide bonds. The molecule has 0 heterocycles. The summed E-state index contributed by atoms with van der Waals surface area (Å²) in [6, 6.07) is 0. The third-order valence-electron chi connectivity index (χ3n) is 8.41. The van der Waals surface area contributed by atoms with Gasteiger partial charge in [-0.2, -0.15) is 8.78 Å². The van der Waals surface area contributed by atoms with Crippen molar-refractivity contribution in [1.82, 2.24) is 4.48 Å². The highest BCUT2D eigenvalue weighted by atomic mass is 19.2. The molecule has 0 saturated carbocycles. The van der Waals surface area contributed by atoms with Gasteiger partial charge < -0.3 is 0 Å². The second kappa shape index (κ2) is 13.2. The Kier molecular flexibility index (Phi) is 10.2. The maximum Gasteiger partial charge on any atom is 0.225 e. The molecule has 276 valence electrons. The number of hydrogen-bond donors (Lipinski definition) is 0.